The number of carbonyl (C=O) groups is 2. The van der Waals surface area contributed by atoms with Crippen LogP contribution in [0.2, 0.25) is 0 Å². The van der Waals surface area contributed by atoms with E-state index >= 15 is 0 Å². The number of fused-ring (bicyclic) bond motifs is 1. The number of carbonyl (C=O) groups excluding carboxylic acids is 2. The van der Waals surface area contributed by atoms with Crippen LogP contribution in [-0.2, 0) is 6.54 Å². The van der Waals surface area contributed by atoms with Crippen molar-refractivity contribution in [2.24, 2.45) is 0 Å². The zero-order chi connectivity index (χ0) is 26.6. The summed E-state index contributed by atoms with van der Waals surface area (Å²) in [6, 6.07) is 18.2. The van der Waals surface area contributed by atoms with Gasteiger partial charge in [-0.15, -0.1) is 6.58 Å². The van der Waals surface area contributed by atoms with Gasteiger partial charge in [0.05, 0.1) is 29.1 Å². The van der Waals surface area contributed by atoms with Gasteiger partial charge < -0.3 is 5.32 Å². The van der Waals surface area contributed by atoms with Crippen molar-refractivity contribution in [3.63, 3.8) is 0 Å². The van der Waals surface area contributed by atoms with E-state index in [1.807, 2.05) is 56.3 Å². The average Bonchev–Trinajstić information content (AvgIpc) is 3.51. The number of anilines is 1. The first-order valence-corrected chi connectivity index (χ1v) is 12.1. The van der Waals surface area contributed by atoms with Crippen LogP contribution < -0.4 is 5.32 Å². The first kappa shape index (κ1) is 24.6. The van der Waals surface area contributed by atoms with Gasteiger partial charge in [-0.2, -0.15) is 10.2 Å². The third kappa shape index (κ3) is 5.05. The molecule has 0 radical (unpaired) electrons. The highest BCUT2D eigenvalue weighted by molar-refractivity contribution is 6.12. The Labute approximate surface area is 219 Å². The average molecular weight is 503 g/mol. The van der Waals surface area contributed by atoms with Crippen molar-refractivity contribution in [2.75, 3.05) is 5.32 Å². The molecule has 8 heteroatoms. The highest BCUT2D eigenvalue weighted by Crippen LogP contribution is 2.24. The van der Waals surface area contributed by atoms with Crippen molar-refractivity contribution in [2.45, 2.75) is 20.4 Å². The molecule has 2 N–H and O–H groups in total. The largest absolute Gasteiger partial charge is 0.320 e. The quantitative estimate of drug-likeness (QED) is 0.212. The second-order valence-corrected chi connectivity index (χ2v) is 8.91. The lowest BCUT2D eigenvalue weighted by Gasteiger charge is -2.11. The van der Waals surface area contributed by atoms with Gasteiger partial charge in [0, 0.05) is 28.4 Å². The van der Waals surface area contributed by atoms with Gasteiger partial charge in [-0.1, -0.05) is 30.3 Å². The number of pyridine rings is 1. The summed E-state index contributed by atoms with van der Waals surface area (Å²) in [5.74, 6) is -0.458. The number of aromatic amines is 1. The number of benzene rings is 2. The summed E-state index contributed by atoms with van der Waals surface area (Å²) in [7, 11) is 0. The van der Waals surface area contributed by atoms with Gasteiger partial charge in [-0.3, -0.25) is 24.4 Å². The first-order valence-electron chi connectivity index (χ1n) is 12.1. The lowest BCUT2D eigenvalue weighted by Crippen LogP contribution is -2.18. The van der Waals surface area contributed by atoms with Gasteiger partial charge in [0.15, 0.2) is 5.78 Å². The zero-order valence-corrected chi connectivity index (χ0v) is 21.1. The number of hydrogen-bond acceptors (Lipinski definition) is 5. The predicted octanol–water partition coefficient (Wildman–Crippen LogP) is 5.61. The molecule has 1 amide bonds. The molecule has 3 aromatic heterocycles. The summed E-state index contributed by atoms with van der Waals surface area (Å²) in [4.78, 5) is 30.7. The number of H-pyrrole nitrogens is 1. The van der Waals surface area contributed by atoms with Crippen LogP contribution in [0.3, 0.4) is 0 Å². The Morgan fingerprint density at radius 3 is 2.63 bits per heavy atom. The molecule has 0 aliphatic rings. The summed E-state index contributed by atoms with van der Waals surface area (Å²) in [5.41, 5.74) is 5.90. The van der Waals surface area contributed by atoms with E-state index in [0.29, 0.717) is 29.1 Å². The number of hydrogen-bond donors (Lipinski definition) is 2. The van der Waals surface area contributed by atoms with Crippen LogP contribution in [0.15, 0.2) is 79.5 Å². The van der Waals surface area contributed by atoms with Crippen LogP contribution in [0, 0.1) is 13.8 Å². The SMILES string of the molecule is C=CCn1nc(C)cc1C(=O)Nc1cc(C(=O)c2ccc3c(/C=C/c4ccccn4)n[nH]c3c2)ccc1C. The Balaban J connectivity index is 1.38. The maximum atomic E-state index is 13.4. The number of aromatic nitrogens is 5. The molecule has 5 aromatic rings. The molecular formula is C30H26N6O2. The van der Waals surface area contributed by atoms with Crippen LogP contribution in [0.25, 0.3) is 23.1 Å². The molecule has 0 atom stereocenters. The summed E-state index contributed by atoms with van der Waals surface area (Å²) in [6.07, 6.45) is 7.20. The monoisotopic (exact) mass is 502 g/mol. The Kier molecular flexibility index (Phi) is 6.78. The minimum Gasteiger partial charge on any atom is -0.320 e. The second-order valence-electron chi connectivity index (χ2n) is 8.91. The van der Waals surface area contributed by atoms with E-state index in [2.05, 4.69) is 32.2 Å². The van der Waals surface area contributed by atoms with Gasteiger partial charge in [0.1, 0.15) is 5.69 Å². The van der Waals surface area contributed by atoms with Gasteiger partial charge in [0.2, 0.25) is 0 Å². The minimum absolute atomic E-state index is 0.157. The van der Waals surface area contributed by atoms with Crippen LogP contribution in [-0.4, -0.2) is 36.7 Å². The van der Waals surface area contributed by atoms with Gasteiger partial charge in [-0.25, -0.2) is 0 Å². The van der Waals surface area contributed by atoms with Gasteiger partial charge in [-0.05, 0) is 68.0 Å². The third-order valence-corrected chi connectivity index (χ3v) is 6.14. The summed E-state index contributed by atoms with van der Waals surface area (Å²) in [6.45, 7) is 7.86. The number of aryl methyl sites for hydroxylation is 2. The smallest absolute Gasteiger partial charge is 0.273 e. The van der Waals surface area contributed by atoms with E-state index in [1.165, 1.54) is 0 Å². The van der Waals surface area contributed by atoms with Gasteiger partial charge >= 0.3 is 0 Å². The Hall–Kier alpha value is -5.11. The van der Waals surface area contributed by atoms with Crippen LogP contribution in [0.4, 0.5) is 5.69 Å². The normalized spacial score (nSPS) is 11.2. The standard InChI is InChI=1S/C30H26N6O2/c1-4-15-36-28(16-20(3)35-36)30(38)32-26-17-21(9-8-19(26)2)29(37)22-10-12-24-25(33-34-27(24)18-22)13-11-23-7-5-6-14-31-23/h4-14,16-18H,1,15H2,2-3H3,(H,32,38)(H,33,34)/b13-11+. The van der Waals surface area contributed by atoms with Crippen LogP contribution in [0.1, 0.15) is 49.1 Å². The number of rotatable bonds is 8. The van der Waals surface area contributed by atoms with E-state index in [0.717, 1.165) is 33.5 Å². The zero-order valence-electron chi connectivity index (χ0n) is 21.1. The number of nitrogens with zero attached hydrogens (tertiary/aromatic N) is 4. The highest BCUT2D eigenvalue weighted by atomic mass is 16.2. The summed E-state index contributed by atoms with van der Waals surface area (Å²) in [5, 5.41) is 15.6. The fourth-order valence-electron chi connectivity index (χ4n) is 4.19. The van der Waals surface area contributed by atoms with E-state index in [-0.39, 0.29) is 11.7 Å². The Morgan fingerprint density at radius 2 is 1.84 bits per heavy atom. The van der Waals surface area contributed by atoms with E-state index < -0.39 is 0 Å². The van der Waals surface area contributed by atoms with Crippen molar-refractivity contribution in [3.8, 4) is 0 Å². The lowest BCUT2D eigenvalue weighted by atomic mass is 9.99. The highest BCUT2D eigenvalue weighted by Gasteiger charge is 2.17. The van der Waals surface area contributed by atoms with E-state index in [4.69, 9.17) is 0 Å². The fraction of sp³-hybridized carbons (Fsp3) is 0.100. The number of allylic oxidation sites excluding steroid dienone is 1. The molecule has 2 aromatic carbocycles. The topological polar surface area (TPSA) is 106 Å². The number of amides is 1. The fourth-order valence-corrected chi connectivity index (χ4v) is 4.19. The summed E-state index contributed by atoms with van der Waals surface area (Å²) < 4.78 is 1.60. The summed E-state index contributed by atoms with van der Waals surface area (Å²) >= 11 is 0. The second kappa shape index (κ2) is 10.5. The lowest BCUT2D eigenvalue weighted by molar-refractivity contribution is 0.101. The third-order valence-electron chi connectivity index (χ3n) is 6.14. The maximum absolute atomic E-state index is 13.4. The van der Waals surface area contributed by atoms with Crippen molar-refractivity contribution >= 4 is 40.4 Å². The molecule has 5 rings (SSSR count). The maximum Gasteiger partial charge on any atom is 0.273 e. The molecule has 38 heavy (non-hydrogen) atoms. The van der Waals surface area contributed by atoms with Crippen LogP contribution in [0.5, 0.6) is 0 Å². The number of nitrogens with one attached hydrogen (secondary N) is 2. The van der Waals surface area contributed by atoms with E-state index in [9.17, 15) is 9.59 Å². The molecule has 8 nitrogen and oxygen atoms in total. The minimum atomic E-state index is -0.301. The molecule has 0 unspecified atom stereocenters. The molecule has 0 bridgehead atoms. The van der Waals surface area contributed by atoms with Crippen molar-refractivity contribution < 1.29 is 9.59 Å². The molecule has 0 aliphatic carbocycles. The molecule has 188 valence electrons. The van der Waals surface area contributed by atoms with Crippen molar-refractivity contribution in [1.29, 1.82) is 0 Å². The van der Waals surface area contributed by atoms with Crippen LogP contribution >= 0.6 is 0 Å². The molecular weight excluding hydrogens is 476 g/mol. The molecule has 0 spiro atoms. The molecule has 0 aliphatic heterocycles. The molecule has 0 saturated carbocycles. The van der Waals surface area contributed by atoms with E-state index in [1.54, 1.807) is 47.3 Å². The molecule has 3 heterocycles. The van der Waals surface area contributed by atoms with Crippen molar-refractivity contribution in [1.82, 2.24) is 25.0 Å². The molecule has 0 saturated heterocycles. The van der Waals surface area contributed by atoms with Crippen molar-refractivity contribution in [3.05, 3.63) is 119 Å². The molecule has 0 fully saturated rings. The van der Waals surface area contributed by atoms with Gasteiger partial charge in [0.25, 0.3) is 5.91 Å². The number of ketones is 1. The Bertz CT molecular complexity index is 1690. The predicted molar refractivity (Wildman–Crippen MR) is 149 cm³/mol. The Morgan fingerprint density at radius 1 is 1.03 bits per heavy atom. The first-order chi connectivity index (χ1) is 18.4.